The van der Waals surface area contributed by atoms with Crippen LogP contribution in [0.2, 0.25) is 0 Å². The van der Waals surface area contributed by atoms with Gasteiger partial charge < -0.3 is 10.6 Å². The van der Waals surface area contributed by atoms with Crippen molar-refractivity contribution in [1.82, 2.24) is 15.6 Å². The molecule has 0 saturated heterocycles. The number of nitrogens with one attached hydrogen (secondary N) is 2. The second kappa shape index (κ2) is 10.3. The van der Waals surface area contributed by atoms with E-state index in [1.807, 2.05) is 86.6 Å². The van der Waals surface area contributed by atoms with Crippen LogP contribution in [0, 0.1) is 5.92 Å². The predicted molar refractivity (Wildman–Crippen MR) is 118 cm³/mol. The van der Waals surface area contributed by atoms with Gasteiger partial charge in [0.1, 0.15) is 6.04 Å². The van der Waals surface area contributed by atoms with Gasteiger partial charge in [-0.1, -0.05) is 80.6 Å². The van der Waals surface area contributed by atoms with Crippen LogP contribution >= 0.6 is 0 Å². The molecule has 2 N–H and O–H groups in total. The van der Waals surface area contributed by atoms with E-state index in [0.717, 1.165) is 16.7 Å². The van der Waals surface area contributed by atoms with E-state index in [1.54, 1.807) is 12.4 Å². The van der Waals surface area contributed by atoms with Gasteiger partial charge in [-0.2, -0.15) is 0 Å². The van der Waals surface area contributed by atoms with Crippen molar-refractivity contribution in [2.24, 2.45) is 5.92 Å². The minimum absolute atomic E-state index is 0.0601. The molecule has 5 nitrogen and oxygen atoms in total. The highest BCUT2D eigenvalue weighted by Gasteiger charge is 2.29. The molecule has 0 aliphatic heterocycles. The van der Waals surface area contributed by atoms with Crippen LogP contribution in [0.4, 0.5) is 0 Å². The van der Waals surface area contributed by atoms with Crippen LogP contribution in [0.5, 0.6) is 0 Å². The highest BCUT2D eigenvalue weighted by Crippen LogP contribution is 2.25. The van der Waals surface area contributed by atoms with Gasteiger partial charge >= 0.3 is 0 Å². The van der Waals surface area contributed by atoms with Crippen molar-refractivity contribution >= 4 is 11.8 Å². The molecular weight excluding hydrogens is 374 g/mol. The number of aromatic nitrogens is 1. The van der Waals surface area contributed by atoms with E-state index >= 15 is 0 Å². The van der Waals surface area contributed by atoms with Crippen molar-refractivity contribution in [1.29, 1.82) is 0 Å². The number of hydrogen-bond donors (Lipinski definition) is 2. The molecule has 0 unspecified atom stereocenters. The molecule has 1 atom stereocenters. The van der Waals surface area contributed by atoms with E-state index in [-0.39, 0.29) is 17.7 Å². The molecule has 0 bridgehead atoms. The molecule has 30 heavy (non-hydrogen) atoms. The molecule has 3 aromatic rings. The lowest BCUT2D eigenvalue weighted by Gasteiger charge is -2.25. The Bertz CT molecular complexity index is 904. The largest absolute Gasteiger partial charge is 0.350 e. The standard InChI is InChI=1S/C25H27N3O2/c1-18(2)23(25(30)27-17-19-10-9-15-26-16-19)28-24(29)22(20-11-5-3-6-12-20)21-13-7-4-8-14-21/h3-16,18,22-23H,17H2,1-2H3,(H,27,30)(H,28,29)/t23-/m1/s1. The summed E-state index contributed by atoms with van der Waals surface area (Å²) in [6, 6.07) is 22.3. The SMILES string of the molecule is CC(C)[C@@H](NC(=O)C(c1ccccc1)c1ccccc1)C(=O)NCc1cccnc1. The summed E-state index contributed by atoms with van der Waals surface area (Å²) in [5, 5.41) is 5.89. The van der Waals surface area contributed by atoms with E-state index in [1.165, 1.54) is 0 Å². The lowest BCUT2D eigenvalue weighted by Crippen LogP contribution is -2.50. The number of rotatable bonds is 8. The number of carbonyl (C=O) groups is 2. The third-order valence-electron chi connectivity index (χ3n) is 4.96. The second-order valence-electron chi connectivity index (χ2n) is 7.56. The average molecular weight is 402 g/mol. The molecule has 1 aromatic heterocycles. The molecule has 5 heteroatoms. The third kappa shape index (κ3) is 5.54. The molecule has 2 amide bonds. The summed E-state index contributed by atoms with van der Waals surface area (Å²) in [6.07, 6.45) is 3.40. The van der Waals surface area contributed by atoms with Gasteiger partial charge in [0.15, 0.2) is 0 Å². The molecule has 0 aliphatic rings. The first-order valence-electron chi connectivity index (χ1n) is 10.1. The van der Waals surface area contributed by atoms with Gasteiger partial charge in [0.05, 0.1) is 5.92 Å². The molecule has 1 heterocycles. The van der Waals surface area contributed by atoms with Crippen molar-refractivity contribution in [2.75, 3.05) is 0 Å². The summed E-state index contributed by atoms with van der Waals surface area (Å²) in [6.45, 7) is 4.22. The third-order valence-corrected chi connectivity index (χ3v) is 4.96. The first-order chi connectivity index (χ1) is 14.6. The van der Waals surface area contributed by atoms with E-state index in [0.29, 0.717) is 6.54 Å². The second-order valence-corrected chi connectivity index (χ2v) is 7.56. The van der Waals surface area contributed by atoms with E-state index in [4.69, 9.17) is 0 Å². The van der Waals surface area contributed by atoms with Crippen LogP contribution in [0.25, 0.3) is 0 Å². The van der Waals surface area contributed by atoms with Gasteiger partial charge in [-0.3, -0.25) is 14.6 Å². The van der Waals surface area contributed by atoms with Crippen LogP contribution in [-0.4, -0.2) is 22.8 Å². The normalized spacial score (nSPS) is 11.9. The van der Waals surface area contributed by atoms with Gasteiger partial charge in [-0.05, 0) is 28.7 Å². The number of carbonyl (C=O) groups excluding carboxylic acids is 2. The van der Waals surface area contributed by atoms with Crippen molar-refractivity contribution < 1.29 is 9.59 Å². The fraction of sp³-hybridized carbons (Fsp3) is 0.240. The molecule has 2 aromatic carbocycles. The summed E-state index contributed by atoms with van der Waals surface area (Å²) >= 11 is 0. The zero-order valence-electron chi connectivity index (χ0n) is 17.3. The van der Waals surface area contributed by atoms with Gasteiger partial charge in [0, 0.05) is 18.9 Å². The number of pyridine rings is 1. The van der Waals surface area contributed by atoms with Gasteiger partial charge in [-0.15, -0.1) is 0 Å². The number of amides is 2. The topological polar surface area (TPSA) is 71.1 Å². The van der Waals surface area contributed by atoms with E-state index in [2.05, 4.69) is 15.6 Å². The van der Waals surface area contributed by atoms with Gasteiger partial charge in [-0.25, -0.2) is 0 Å². The summed E-state index contributed by atoms with van der Waals surface area (Å²) in [7, 11) is 0. The maximum Gasteiger partial charge on any atom is 0.243 e. The molecule has 0 saturated carbocycles. The van der Waals surface area contributed by atoms with Crippen LogP contribution in [0.1, 0.15) is 36.5 Å². The monoisotopic (exact) mass is 401 g/mol. The highest BCUT2D eigenvalue weighted by molar-refractivity contribution is 5.92. The van der Waals surface area contributed by atoms with Crippen LogP contribution in [-0.2, 0) is 16.1 Å². The zero-order chi connectivity index (χ0) is 21.3. The Balaban J connectivity index is 1.77. The Labute approximate surface area is 177 Å². The van der Waals surface area contributed by atoms with Crippen LogP contribution in [0.3, 0.4) is 0 Å². The highest BCUT2D eigenvalue weighted by atomic mass is 16.2. The molecule has 154 valence electrons. The Hall–Kier alpha value is -3.47. The summed E-state index contributed by atoms with van der Waals surface area (Å²) in [5.74, 6) is -0.945. The average Bonchev–Trinajstić information content (AvgIpc) is 2.78. The maximum atomic E-state index is 13.3. The Kier molecular flexibility index (Phi) is 7.33. The first kappa shape index (κ1) is 21.2. The van der Waals surface area contributed by atoms with Crippen molar-refractivity contribution in [3.63, 3.8) is 0 Å². The minimum atomic E-state index is -0.635. The molecule has 0 aliphatic carbocycles. The van der Waals surface area contributed by atoms with Crippen molar-refractivity contribution in [3.8, 4) is 0 Å². The van der Waals surface area contributed by atoms with Gasteiger partial charge in [0.25, 0.3) is 0 Å². The fourth-order valence-electron chi connectivity index (χ4n) is 3.36. The lowest BCUT2D eigenvalue weighted by atomic mass is 9.89. The van der Waals surface area contributed by atoms with Crippen molar-refractivity contribution in [2.45, 2.75) is 32.4 Å². The van der Waals surface area contributed by atoms with Crippen LogP contribution in [0.15, 0.2) is 85.2 Å². The number of benzene rings is 2. The molecule has 0 fully saturated rings. The maximum absolute atomic E-state index is 13.3. The number of hydrogen-bond acceptors (Lipinski definition) is 3. The Morgan fingerprint density at radius 3 is 1.93 bits per heavy atom. The first-order valence-corrected chi connectivity index (χ1v) is 10.1. The summed E-state index contributed by atoms with van der Waals surface area (Å²) < 4.78 is 0. The van der Waals surface area contributed by atoms with Gasteiger partial charge in [0.2, 0.25) is 11.8 Å². The zero-order valence-corrected chi connectivity index (χ0v) is 17.3. The Morgan fingerprint density at radius 1 is 0.833 bits per heavy atom. The Morgan fingerprint density at radius 2 is 1.43 bits per heavy atom. The van der Waals surface area contributed by atoms with Crippen LogP contribution < -0.4 is 10.6 Å². The number of nitrogens with zero attached hydrogens (tertiary/aromatic N) is 1. The van der Waals surface area contributed by atoms with E-state index in [9.17, 15) is 9.59 Å². The molecule has 0 radical (unpaired) electrons. The molecule has 0 spiro atoms. The minimum Gasteiger partial charge on any atom is -0.350 e. The summed E-state index contributed by atoms with van der Waals surface area (Å²) in [4.78, 5) is 30.2. The predicted octanol–water partition coefficient (Wildman–Crippen LogP) is 3.67. The summed E-state index contributed by atoms with van der Waals surface area (Å²) in [5.41, 5.74) is 2.69. The van der Waals surface area contributed by atoms with Crippen molar-refractivity contribution in [3.05, 3.63) is 102 Å². The molecule has 3 rings (SSSR count). The van der Waals surface area contributed by atoms with E-state index < -0.39 is 12.0 Å². The smallest absolute Gasteiger partial charge is 0.243 e. The quantitative estimate of drug-likeness (QED) is 0.605. The molecular formula is C25H27N3O2. The fourth-order valence-corrected chi connectivity index (χ4v) is 3.36. The lowest BCUT2D eigenvalue weighted by molar-refractivity contribution is -0.130.